The third kappa shape index (κ3) is 3.48. The van der Waals surface area contributed by atoms with Crippen LogP contribution in [0.3, 0.4) is 0 Å². The minimum atomic E-state index is -0.238. The molecule has 0 radical (unpaired) electrons. The number of pyridine rings is 1. The number of hydrogen-bond donors (Lipinski definition) is 0. The smallest absolute Gasteiger partial charge is 0.275 e. The number of nitrogens with zero attached hydrogens (tertiary/aromatic N) is 7. The van der Waals surface area contributed by atoms with Crippen molar-refractivity contribution in [1.82, 2.24) is 34.3 Å². The Labute approximate surface area is 176 Å². The molecular formula is C21H16ClN7O. The van der Waals surface area contributed by atoms with Crippen LogP contribution in [0, 0.1) is 0 Å². The van der Waals surface area contributed by atoms with Gasteiger partial charge in [0, 0.05) is 10.9 Å². The fourth-order valence-corrected chi connectivity index (χ4v) is 3.48. The Kier molecular flexibility index (Phi) is 4.61. The van der Waals surface area contributed by atoms with Gasteiger partial charge in [-0.3, -0.25) is 4.57 Å². The highest BCUT2D eigenvalue weighted by molar-refractivity contribution is 6.30. The van der Waals surface area contributed by atoms with Gasteiger partial charge in [-0.2, -0.15) is 9.78 Å². The Morgan fingerprint density at radius 1 is 0.967 bits per heavy atom. The molecule has 5 rings (SSSR count). The van der Waals surface area contributed by atoms with Crippen molar-refractivity contribution in [3.05, 3.63) is 100 Å². The summed E-state index contributed by atoms with van der Waals surface area (Å²) in [5.41, 5.74) is 2.82. The molecule has 0 atom stereocenters. The van der Waals surface area contributed by atoms with Gasteiger partial charge in [0.1, 0.15) is 17.2 Å². The zero-order valence-electron chi connectivity index (χ0n) is 15.8. The maximum absolute atomic E-state index is 12.6. The lowest BCUT2D eigenvalue weighted by molar-refractivity contribution is 0.647. The predicted octanol–water partition coefficient (Wildman–Crippen LogP) is 2.92. The van der Waals surface area contributed by atoms with Crippen LogP contribution in [0.1, 0.15) is 11.3 Å². The number of halogens is 1. The second-order valence-corrected chi connectivity index (χ2v) is 7.19. The van der Waals surface area contributed by atoms with Crippen molar-refractivity contribution in [1.29, 1.82) is 0 Å². The summed E-state index contributed by atoms with van der Waals surface area (Å²) in [7, 11) is 0. The molecule has 3 heterocycles. The molecule has 0 unspecified atom stereocenters. The average Bonchev–Trinajstić information content (AvgIpc) is 3.36. The standard InChI is InChI=1S/C21H16ClN7O/c22-20-16(10-15-6-4-5-9-19(15)24-20)11-28-13-17(25-26-28)12-27-14-23-29(21(27)30)18-7-2-1-3-8-18/h1-10,13-14H,11-12H2. The third-order valence-corrected chi connectivity index (χ3v) is 5.06. The van der Waals surface area contributed by atoms with Crippen LogP contribution in [0.15, 0.2) is 78.0 Å². The van der Waals surface area contributed by atoms with Crippen LogP contribution in [0.2, 0.25) is 5.15 Å². The number of para-hydroxylation sites is 2. The van der Waals surface area contributed by atoms with E-state index in [1.54, 1.807) is 10.9 Å². The van der Waals surface area contributed by atoms with Crippen LogP contribution in [0.5, 0.6) is 0 Å². The van der Waals surface area contributed by atoms with Crippen LogP contribution in [0.25, 0.3) is 16.6 Å². The molecule has 0 saturated heterocycles. The molecule has 3 aromatic heterocycles. The maximum Gasteiger partial charge on any atom is 0.350 e. The molecule has 5 aromatic rings. The number of benzene rings is 2. The van der Waals surface area contributed by atoms with E-state index in [0.29, 0.717) is 23.1 Å². The Morgan fingerprint density at radius 3 is 2.63 bits per heavy atom. The molecule has 0 aliphatic heterocycles. The molecule has 8 nitrogen and oxygen atoms in total. The molecular weight excluding hydrogens is 402 g/mol. The zero-order chi connectivity index (χ0) is 20.5. The van der Waals surface area contributed by atoms with E-state index in [1.807, 2.05) is 60.7 Å². The first kappa shape index (κ1) is 18.3. The lowest BCUT2D eigenvalue weighted by Gasteiger charge is -2.05. The lowest BCUT2D eigenvalue weighted by Crippen LogP contribution is -2.24. The number of aromatic nitrogens is 7. The second-order valence-electron chi connectivity index (χ2n) is 6.83. The number of rotatable bonds is 5. The fraction of sp³-hybridized carbons (Fsp3) is 0.0952. The molecule has 2 aromatic carbocycles. The summed E-state index contributed by atoms with van der Waals surface area (Å²) in [6.45, 7) is 0.706. The number of fused-ring (bicyclic) bond motifs is 1. The molecule has 0 aliphatic rings. The zero-order valence-corrected chi connectivity index (χ0v) is 16.5. The van der Waals surface area contributed by atoms with E-state index >= 15 is 0 Å². The van der Waals surface area contributed by atoms with E-state index in [1.165, 1.54) is 15.6 Å². The van der Waals surface area contributed by atoms with Crippen molar-refractivity contribution in [3.63, 3.8) is 0 Å². The molecule has 0 amide bonds. The largest absolute Gasteiger partial charge is 0.350 e. The van der Waals surface area contributed by atoms with Gasteiger partial charge >= 0.3 is 5.69 Å². The maximum atomic E-state index is 12.6. The molecule has 0 bridgehead atoms. The second kappa shape index (κ2) is 7.57. The van der Waals surface area contributed by atoms with Crippen molar-refractivity contribution in [2.24, 2.45) is 0 Å². The van der Waals surface area contributed by atoms with Crippen LogP contribution >= 0.6 is 11.6 Å². The Balaban J connectivity index is 1.36. The molecule has 0 N–H and O–H groups in total. The summed E-state index contributed by atoms with van der Waals surface area (Å²) in [5.74, 6) is 0. The minimum Gasteiger partial charge on any atom is -0.275 e. The summed E-state index contributed by atoms with van der Waals surface area (Å²) in [5, 5.41) is 14.0. The van der Waals surface area contributed by atoms with Crippen LogP contribution in [0.4, 0.5) is 0 Å². The van der Waals surface area contributed by atoms with E-state index < -0.39 is 0 Å². The Hall–Kier alpha value is -3.78. The van der Waals surface area contributed by atoms with E-state index in [2.05, 4.69) is 20.4 Å². The van der Waals surface area contributed by atoms with Crippen LogP contribution in [-0.4, -0.2) is 34.3 Å². The molecule has 30 heavy (non-hydrogen) atoms. The Morgan fingerprint density at radius 2 is 1.77 bits per heavy atom. The summed E-state index contributed by atoms with van der Waals surface area (Å²) < 4.78 is 4.52. The van der Waals surface area contributed by atoms with Crippen LogP contribution < -0.4 is 5.69 Å². The van der Waals surface area contributed by atoms with Gasteiger partial charge < -0.3 is 0 Å². The van der Waals surface area contributed by atoms with Gasteiger partial charge in [0.25, 0.3) is 0 Å². The summed E-state index contributed by atoms with van der Waals surface area (Å²) in [4.78, 5) is 17.1. The molecule has 0 aliphatic carbocycles. The van der Waals surface area contributed by atoms with E-state index in [4.69, 9.17) is 11.6 Å². The Bertz CT molecular complexity index is 1390. The van der Waals surface area contributed by atoms with Crippen molar-refractivity contribution in [3.8, 4) is 5.69 Å². The van der Waals surface area contributed by atoms with Gasteiger partial charge in [0.05, 0.1) is 30.5 Å². The highest BCUT2D eigenvalue weighted by Crippen LogP contribution is 2.21. The van der Waals surface area contributed by atoms with Crippen molar-refractivity contribution in [2.45, 2.75) is 13.1 Å². The van der Waals surface area contributed by atoms with Gasteiger partial charge in [0.2, 0.25) is 0 Å². The van der Waals surface area contributed by atoms with Gasteiger partial charge in [-0.05, 0) is 24.3 Å². The van der Waals surface area contributed by atoms with Crippen LogP contribution in [-0.2, 0) is 13.1 Å². The quantitative estimate of drug-likeness (QED) is 0.410. The lowest BCUT2D eigenvalue weighted by atomic mass is 10.1. The van der Waals surface area contributed by atoms with E-state index in [0.717, 1.165) is 16.5 Å². The topological polar surface area (TPSA) is 83.4 Å². The summed E-state index contributed by atoms with van der Waals surface area (Å²) in [6.07, 6.45) is 3.29. The van der Waals surface area contributed by atoms with Gasteiger partial charge in [-0.25, -0.2) is 14.5 Å². The minimum absolute atomic E-state index is 0.238. The van der Waals surface area contributed by atoms with Gasteiger partial charge in [-0.15, -0.1) is 5.10 Å². The first-order valence-electron chi connectivity index (χ1n) is 9.30. The summed E-state index contributed by atoms with van der Waals surface area (Å²) >= 11 is 6.34. The highest BCUT2D eigenvalue weighted by Gasteiger charge is 2.11. The SMILES string of the molecule is O=c1n(Cc2cn(Cc3cc4ccccc4nc3Cl)nn2)cnn1-c1ccccc1. The molecule has 0 saturated carbocycles. The molecule has 0 spiro atoms. The molecule has 148 valence electrons. The van der Waals surface area contributed by atoms with Crippen molar-refractivity contribution < 1.29 is 0 Å². The third-order valence-electron chi connectivity index (χ3n) is 4.74. The van der Waals surface area contributed by atoms with E-state index in [-0.39, 0.29) is 12.2 Å². The average molecular weight is 418 g/mol. The molecule has 0 fully saturated rings. The van der Waals surface area contributed by atoms with Gasteiger partial charge in [-0.1, -0.05) is 53.2 Å². The number of hydrogen-bond acceptors (Lipinski definition) is 5. The van der Waals surface area contributed by atoms with Crippen molar-refractivity contribution in [2.75, 3.05) is 0 Å². The van der Waals surface area contributed by atoms with Crippen molar-refractivity contribution >= 4 is 22.5 Å². The first-order valence-corrected chi connectivity index (χ1v) is 9.68. The van der Waals surface area contributed by atoms with Gasteiger partial charge in [0.15, 0.2) is 0 Å². The predicted molar refractivity (Wildman–Crippen MR) is 113 cm³/mol. The van der Waals surface area contributed by atoms with E-state index in [9.17, 15) is 4.79 Å². The molecule has 9 heteroatoms. The first-order chi connectivity index (χ1) is 14.7. The summed E-state index contributed by atoms with van der Waals surface area (Å²) in [6, 6.07) is 19.1. The monoisotopic (exact) mass is 417 g/mol. The normalized spacial score (nSPS) is 11.2. The fourth-order valence-electron chi connectivity index (χ4n) is 3.27. The highest BCUT2D eigenvalue weighted by atomic mass is 35.5.